The van der Waals surface area contributed by atoms with Crippen molar-refractivity contribution >= 4 is 10.9 Å². The minimum atomic E-state index is 0.00262. The van der Waals surface area contributed by atoms with E-state index in [0.29, 0.717) is 0 Å². The summed E-state index contributed by atoms with van der Waals surface area (Å²) < 4.78 is 2.63. The highest BCUT2D eigenvalue weighted by atomic mass is 15.3. The van der Waals surface area contributed by atoms with Crippen LogP contribution in [0.3, 0.4) is 0 Å². The van der Waals surface area contributed by atoms with Crippen LogP contribution >= 0.6 is 0 Å². The highest BCUT2D eigenvalue weighted by molar-refractivity contribution is 5.87. The Kier molecular flexibility index (Phi) is 3.88. The number of para-hydroxylation sites is 1. The molecule has 6 rings (SSSR count). The highest BCUT2D eigenvalue weighted by Gasteiger charge is 2.49. The van der Waals surface area contributed by atoms with Gasteiger partial charge in [-0.2, -0.15) is 0 Å². The Morgan fingerprint density at radius 1 is 0.759 bits per heavy atom. The Morgan fingerprint density at radius 3 is 2.31 bits per heavy atom. The van der Waals surface area contributed by atoms with Crippen molar-refractivity contribution in [3.05, 3.63) is 107 Å². The first kappa shape index (κ1) is 17.1. The Morgan fingerprint density at radius 2 is 1.48 bits per heavy atom. The first-order chi connectivity index (χ1) is 14.4. The van der Waals surface area contributed by atoms with Gasteiger partial charge in [0.1, 0.15) is 0 Å². The van der Waals surface area contributed by atoms with Crippen LogP contribution < -0.4 is 0 Å². The van der Waals surface area contributed by atoms with Crippen LogP contribution in [0.1, 0.15) is 35.2 Å². The minimum Gasteiger partial charge on any atom is -0.338 e. The highest BCUT2D eigenvalue weighted by Crippen LogP contribution is 2.50. The van der Waals surface area contributed by atoms with Gasteiger partial charge in [-0.25, -0.2) is 0 Å². The molecule has 0 radical (unpaired) electrons. The van der Waals surface area contributed by atoms with Crippen molar-refractivity contribution in [3.8, 4) is 0 Å². The third kappa shape index (κ3) is 2.45. The van der Waals surface area contributed by atoms with Crippen LogP contribution in [0, 0.1) is 0 Å². The summed E-state index contributed by atoms with van der Waals surface area (Å²) >= 11 is 0. The van der Waals surface area contributed by atoms with Gasteiger partial charge in [0.15, 0.2) is 0 Å². The van der Waals surface area contributed by atoms with Gasteiger partial charge in [0.05, 0.1) is 5.54 Å². The molecule has 1 unspecified atom stereocenters. The molecule has 2 heteroatoms. The van der Waals surface area contributed by atoms with E-state index in [2.05, 4.69) is 94.4 Å². The van der Waals surface area contributed by atoms with Gasteiger partial charge in [-0.15, -0.1) is 0 Å². The summed E-state index contributed by atoms with van der Waals surface area (Å²) in [7, 11) is 0. The van der Waals surface area contributed by atoms with E-state index in [0.717, 1.165) is 19.5 Å². The molecule has 2 aliphatic rings. The average Bonchev–Trinajstić information content (AvgIpc) is 3.36. The number of hydrogen-bond acceptors (Lipinski definition) is 1. The quantitative estimate of drug-likeness (QED) is 0.451. The number of benzene rings is 3. The molecule has 2 aliphatic heterocycles. The van der Waals surface area contributed by atoms with E-state index < -0.39 is 0 Å². The van der Waals surface area contributed by atoms with Crippen molar-refractivity contribution in [2.24, 2.45) is 0 Å². The molecule has 0 bridgehead atoms. The maximum Gasteiger partial charge on any atom is 0.0872 e. The Labute approximate surface area is 172 Å². The molecule has 0 amide bonds. The van der Waals surface area contributed by atoms with E-state index in [1.165, 1.54) is 47.1 Å². The van der Waals surface area contributed by atoms with E-state index in [1.807, 2.05) is 0 Å². The van der Waals surface area contributed by atoms with E-state index in [-0.39, 0.29) is 5.54 Å². The zero-order chi connectivity index (χ0) is 19.3. The van der Waals surface area contributed by atoms with Crippen LogP contribution in [0.5, 0.6) is 0 Å². The standard InChI is InChI=1S/C27H26N2/c1-3-10-21(11-4-1)20-29-25-15-8-7-14-23(25)24-16-19-28-18-9-17-27(28,26(24)29)22-12-5-2-6-13-22/h1-8,10-15H,9,16-20H2. The SMILES string of the molecule is c1ccc(Cn2c3c(c4ccccc42)CCN2CCCC32c2ccccc2)cc1. The predicted octanol–water partition coefficient (Wildman–Crippen LogP) is 5.59. The molecule has 0 spiro atoms. The van der Waals surface area contributed by atoms with Gasteiger partial charge in [-0.3, -0.25) is 4.90 Å². The average molecular weight is 379 g/mol. The molecule has 0 aliphatic carbocycles. The van der Waals surface area contributed by atoms with Crippen LogP contribution in [0.15, 0.2) is 84.9 Å². The molecule has 2 nitrogen and oxygen atoms in total. The summed E-state index contributed by atoms with van der Waals surface area (Å²) in [4.78, 5) is 2.76. The minimum absolute atomic E-state index is 0.00262. The summed E-state index contributed by atoms with van der Waals surface area (Å²) in [6, 6.07) is 31.2. The molecule has 1 aromatic heterocycles. The van der Waals surface area contributed by atoms with Crippen molar-refractivity contribution in [1.29, 1.82) is 0 Å². The van der Waals surface area contributed by atoms with E-state index >= 15 is 0 Å². The maximum atomic E-state index is 2.76. The Hall–Kier alpha value is -2.84. The first-order valence-corrected chi connectivity index (χ1v) is 10.8. The summed E-state index contributed by atoms with van der Waals surface area (Å²) in [5.74, 6) is 0. The van der Waals surface area contributed by atoms with Crippen molar-refractivity contribution in [1.82, 2.24) is 9.47 Å². The van der Waals surface area contributed by atoms with Gasteiger partial charge in [-0.1, -0.05) is 78.9 Å². The lowest BCUT2D eigenvalue weighted by Gasteiger charge is -2.44. The molecule has 144 valence electrons. The van der Waals surface area contributed by atoms with Crippen molar-refractivity contribution in [2.45, 2.75) is 31.3 Å². The molecule has 3 heterocycles. The second-order valence-electron chi connectivity index (χ2n) is 8.48. The lowest BCUT2D eigenvalue weighted by atomic mass is 9.79. The monoisotopic (exact) mass is 378 g/mol. The summed E-state index contributed by atoms with van der Waals surface area (Å²) in [5.41, 5.74) is 7.31. The lowest BCUT2D eigenvalue weighted by molar-refractivity contribution is 0.155. The fraction of sp³-hybridized carbons (Fsp3) is 0.259. The third-order valence-electron chi connectivity index (χ3n) is 7.04. The summed E-state index contributed by atoms with van der Waals surface area (Å²) in [5, 5.41) is 1.44. The normalized spacial score (nSPS) is 21.2. The molecule has 3 aromatic carbocycles. The lowest BCUT2D eigenvalue weighted by Crippen LogP contribution is -2.48. The van der Waals surface area contributed by atoms with Crippen LogP contribution in [0.2, 0.25) is 0 Å². The smallest absolute Gasteiger partial charge is 0.0872 e. The number of hydrogen-bond donors (Lipinski definition) is 0. The second-order valence-corrected chi connectivity index (χ2v) is 8.48. The van der Waals surface area contributed by atoms with Gasteiger partial charge >= 0.3 is 0 Å². The fourth-order valence-corrected chi connectivity index (χ4v) is 5.90. The third-order valence-corrected chi connectivity index (χ3v) is 7.04. The second kappa shape index (κ2) is 6.60. The molecule has 1 fully saturated rings. The van der Waals surface area contributed by atoms with Gasteiger partial charge in [0, 0.05) is 29.7 Å². The van der Waals surface area contributed by atoms with E-state index in [9.17, 15) is 0 Å². The van der Waals surface area contributed by atoms with Crippen LogP contribution in [0.25, 0.3) is 10.9 Å². The Bertz CT molecular complexity index is 1160. The molecular weight excluding hydrogens is 352 g/mol. The molecular formula is C27H26N2. The van der Waals surface area contributed by atoms with Crippen molar-refractivity contribution in [2.75, 3.05) is 13.1 Å². The molecule has 0 N–H and O–H groups in total. The number of fused-ring (bicyclic) bond motifs is 5. The molecule has 1 atom stereocenters. The topological polar surface area (TPSA) is 8.17 Å². The fourth-order valence-electron chi connectivity index (χ4n) is 5.90. The molecule has 4 aromatic rings. The van der Waals surface area contributed by atoms with Crippen LogP contribution in [-0.2, 0) is 18.5 Å². The largest absolute Gasteiger partial charge is 0.338 e. The molecule has 1 saturated heterocycles. The van der Waals surface area contributed by atoms with E-state index in [1.54, 1.807) is 5.56 Å². The first-order valence-electron chi connectivity index (χ1n) is 10.8. The number of rotatable bonds is 3. The number of nitrogens with zero attached hydrogens (tertiary/aromatic N) is 2. The zero-order valence-corrected chi connectivity index (χ0v) is 16.7. The summed E-state index contributed by atoms with van der Waals surface area (Å²) in [6.07, 6.45) is 3.61. The van der Waals surface area contributed by atoms with Gasteiger partial charge in [0.2, 0.25) is 0 Å². The summed E-state index contributed by atoms with van der Waals surface area (Å²) in [6.45, 7) is 3.28. The van der Waals surface area contributed by atoms with Gasteiger partial charge in [0.25, 0.3) is 0 Å². The predicted molar refractivity (Wildman–Crippen MR) is 119 cm³/mol. The van der Waals surface area contributed by atoms with Crippen LogP contribution in [0.4, 0.5) is 0 Å². The molecule has 29 heavy (non-hydrogen) atoms. The van der Waals surface area contributed by atoms with Crippen LogP contribution in [-0.4, -0.2) is 22.6 Å². The van der Waals surface area contributed by atoms with Crippen molar-refractivity contribution < 1.29 is 0 Å². The van der Waals surface area contributed by atoms with Gasteiger partial charge < -0.3 is 4.57 Å². The van der Waals surface area contributed by atoms with Crippen molar-refractivity contribution in [3.63, 3.8) is 0 Å². The van der Waals surface area contributed by atoms with Gasteiger partial charge in [-0.05, 0) is 48.6 Å². The van der Waals surface area contributed by atoms with E-state index in [4.69, 9.17) is 0 Å². The number of aromatic nitrogens is 1. The zero-order valence-electron chi connectivity index (χ0n) is 16.7. The maximum absolute atomic E-state index is 2.76. The Balaban J connectivity index is 1.66. The molecule has 0 saturated carbocycles.